The van der Waals surface area contributed by atoms with Crippen molar-refractivity contribution in [3.05, 3.63) is 92.8 Å². The van der Waals surface area contributed by atoms with Crippen LogP contribution in [0.3, 0.4) is 0 Å². The molecule has 0 bridgehead atoms. The van der Waals surface area contributed by atoms with Crippen LogP contribution in [0.4, 0.5) is 11.5 Å². The number of hydrogen-bond acceptors (Lipinski definition) is 6. The number of furan rings is 1. The van der Waals surface area contributed by atoms with E-state index in [9.17, 15) is 19.5 Å². The molecule has 0 aliphatic rings. The van der Waals surface area contributed by atoms with Gasteiger partial charge in [-0.05, 0) is 24.1 Å². The lowest BCUT2D eigenvalue weighted by Crippen LogP contribution is -2.41. The Bertz CT molecular complexity index is 1340. The van der Waals surface area contributed by atoms with E-state index in [0.717, 1.165) is 15.8 Å². The number of fused-ring (bicyclic) bond motifs is 1. The molecule has 0 radical (unpaired) electrons. The van der Waals surface area contributed by atoms with E-state index in [1.165, 1.54) is 4.57 Å². The van der Waals surface area contributed by atoms with E-state index in [2.05, 4.69) is 4.98 Å². The minimum atomic E-state index is -0.792. The first-order chi connectivity index (χ1) is 15.5. The number of anilines is 2. The van der Waals surface area contributed by atoms with Crippen LogP contribution < -0.4 is 21.9 Å². The van der Waals surface area contributed by atoms with Crippen molar-refractivity contribution in [1.82, 2.24) is 9.55 Å². The molecule has 0 saturated heterocycles. The van der Waals surface area contributed by atoms with Gasteiger partial charge in [-0.3, -0.25) is 24.0 Å². The van der Waals surface area contributed by atoms with Crippen molar-refractivity contribution < 1.29 is 14.3 Å². The van der Waals surface area contributed by atoms with Crippen LogP contribution in [-0.4, -0.2) is 33.7 Å². The summed E-state index contributed by atoms with van der Waals surface area (Å²) in [5.74, 6) is -0.731. The van der Waals surface area contributed by atoms with E-state index in [0.29, 0.717) is 5.58 Å². The third-order valence-corrected chi connectivity index (χ3v) is 5.09. The Morgan fingerprint density at radius 3 is 2.53 bits per heavy atom. The van der Waals surface area contributed by atoms with Crippen LogP contribution in [0, 0.1) is 0 Å². The van der Waals surface area contributed by atoms with Crippen molar-refractivity contribution in [2.24, 2.45) is 0 Å². The summed E-state index contributed by atoms with van der Waals surface area (Å²) < 4.78 is 6.86. The second-order valence-corrected chi connectivity index (χ2v) is 7.25. The Hall–Kier alpha value is -4.11. The van der Waals surface area contributed by atoms with Crippen molar-refractivity contribution >= 4 is 28.4 Å². The number of benzene rings is 2. The quantitative estimate of drug-likeness (QED) is 0.407. The maximum Gasteiger partial charge on any atom is 0.330 e. The largest absolute Gasteiger partial charge is 0.451 e. The van der Waals surface area contributed by atoms with E-state index in [1.807, 2.05) is 36.4 Å². The van der Waals surface area contributed by atoms with Gasteiger partial charge in [0.15, 0.2) is 11.4 Å². The van der Waals surface area contributed by atoms with E-state index < -0.39 is 17.2 Å². The van der Waals surface area contributed by atoms with Crippen LogP contribution >= 0.6 is 0 Å². The molecule has 0 aliphatic carbocycles. The second-order valence-electron chi connectivity index (χ2n) is 7.25. The highest BCUT2D eigenvalue weighted by Gasteiger charge is 2.27. The molecule has 4 N–H and O–H groups in total. The van der Waals surface area contributed by atoms with E-state index in [4.69, 9.17) is 10.2 Å². The summed E-state index contributed by atoms with van der Waals surface area (Å²) in [6.07, 6.45) is 0.197. The molecule has 2 aromatic heterocycles. The van der Waals surface area contributed by atoms with Gasteiger partial charge in [-0.1, -0.05) is 48.5 Å². The molecule has 2 heterocycles. The number of nitrogens with zero attached hydrogens (tertiary/aromatic N) is 2. The highest BCUT2D eigenvalue weighted by Crippen LogP contribution is 2.24. The Morgan fingerprint density at radius 1 is 1.09 bits per heavy atom. The number of nitrogens with one attached hydrogen (secondary N) is 1. The number of H-pyrrole nitrogens is 1. The van der Waals surface area contributed by atoms with Gasteiger partial charge < -0.3 is 15.3 Å². The van der Waals surface area contributed by atoms with Crippen molar-refractivity contribution in [3.8, 4) is 0 Å². The smallest absolute Gasteiger partial charge is 0.330 e. The van der Waals surface area contributed by atoms with Crippen molar-refractivity contribution in [2.75, 3.05) is 23.8 Å². The number of aromatic amines is 1. The zero-order valence-corrected chi connectivity index (χ0v) is 17.2. The van der Waals surface area contributed by atoms with Gasteiger partial charge in [0.2, 0.25) is 0 Å². The van der Waals surface area contributed by atoms with Crippen LogP contribution in [0.25, 0.3) is 11.0 Å². The lowest BCUT2D eigenvalue weighted by molar-refractivity contribution is 0.0960. The molecule has 4 aromatic rings. The summed E-state index contributed by atoms with van der Waals surface area (Å²) in [5.41, 5.74) is 5.93. The van der Waals surface area contributed by atoms with Crippen LogP contribution in [0.1, 0.15) is 22.5 Å². The summed E-state index contributed by atoms with van der Waals surface area (Å²) in [6, 6.07) is 17.8. The second kappa shape index (κ2) is 8.94. The third-order valence-electron chi connectivity index (χ3n) is 5.09. The number of hydrogen-bond donors (Lipinski definition) is 3. The van der Waals surface area contributed by atoms with Gasteiger partial charge in [-0.25, -0.2) is 4.79 Å². The normalized spacial score (nSPS) is 11.0. The number of rotatable bonds is 7. The lowest BCUT2D eigenvalue weighted by atomic mass is 10.2. The predicted octanol–water partition coefficient (Wildman–Crippen LogP) is 1.94. The average Bonchev–Trinajstić information content (AvgIpc) is 3.23. The summed E-state index contributed by atoms with van der Waals surface area (Å²) in [7, 11) is 0. The fourth-order valence-corrected chi connectivity index (χ4v) is 3.53. The molecule has 9 nitrogen and oxygen atoms in total. The molecule has 9 heteroatoms. The summed E-state index contributed by atoms with van der Waals surface area (Å²) >= 11 is 0. The van der Waals surface area contributed by atoms with Gasteiger partial charge in [0.1, 0.15) is 11.4 Å². The number of carbonyl (C=O) groups excluding carboxylic acids is 1. The fraction of sp³-hybridized carbons (Fsp3) is 0.174. The Morgan fingerprint density at radius 2 is 1.81 bits per heavy atom. The Labute approximate surface area is 182 Å². The Balaban J connectivity index is 1.80. The van der Waals surface area contributed by atoms with Gasteiger partial charge in [0, 0.05) is 18.5 Å². The Kier molecular flexibility index (Phi) is 5.91. The van der Waals surface area contributed by atoms with Crippen LogP contribution in [0.15, 0.2) is 74.7 Å². The molecule has 32 heavy (non-hydrogen) atoms. The van der Waals surface area contributed by atoms with E-state index in [1.54, 1.807) is 24.3 Å². The predicted molar refractivity (Wildman–Crippen MR) is 121 cm³/mol. The summed E-state index contributed by atoms with van der Waals surface area (Å²) in [6.45, 7) is -0.0868. The third kappa shape index (κ3) is 4.06. The molecule has 0 aliphatic heterocycles. The molecule has 0 spiro atoms. The highest BCUT2D eigenvalue weighted by molar-refractivity contribution is 6.07. The van der Waals surface area contributed by atoms with Crippen molar-refractivity contribution in [2.45, 2.75) is 13.0 Å². The first kappa shape index (κ1) is 21.1. The molecule has 4 rings (SSSR count). The topological polar surface area (TPSA) is 135 Å². The zero-order valence-electron chi connectivity index (χ0n) is 17.2. The number of para-hydroxylation sites is 1. The van der Waals surface area contributed by atoms with Crippen LogP contribution in [0.2, 0.25) is 0 Å². The van der Waals surface area contributed by atoms with Gasteiger partial charge in [0.05, 0.1) is 6.54 Å². The van der Waals surface area contributed by atoms with E-state index in [-0.39, 0.29) is 43.4 Å². The summed E-state index contributed by atoms with van der Waals surface area (Å²) in [5, 5.41) is 10.1. The summed E-state index contributed by atoms with van der Waals surface area (Å²) in [4.78, 5) is 41.9. The molecule has 1 amide bonds. The maximum atomic E-state index is 13.3. The highest BCUT2D eigenvalue weighted by atomic mass is 16.3. The fourth-order valence-electron chi connectivity index (χ4n) is 3.53. The van der Waals surface area contributed by atoms with Gasteiger partial charge in [0.25, 0.3) is 11.5 Å². The number of aliphatic hydroxyl groups is 1. The first-order valence-electron chi connectivity index (χ1n) is 10.1. The molecule has 0 unspecified atom stereocenters. The van der Waals surface area contributed by atoms with Crippen molar-refractivity contribution in [1.29, 1.82) is 0 Å². The zero-order chi connectivity index (χ0) is 22.7. The van der Waals surface area contributed by atoms with Gasteiger partial charge >= 0.3 is 5.69 Å². The number of amides is 1. The van der Waals surface area contributed by atoms with Crippen LogP contribution in [-0.2, 0) is 6.54 Å². The molecule has 0 saturated carbocycles. The maximum absolute atomic E-state index is 13.3. The SMILES string of the molecule is Nc1c(N(CCCO)C(=O)c2cc3ccccc3o2)c(=O)[nH]c(=O)n1Cc1ccccc1. The molecule has 164 valence electrons. The number of carbonyl (C=O) groups is 1. The first-order valence-corrected chi connectivity index (χ1v) is 10.1. The van der Waals surface area contributed by atoms with E-state index >= 15 is 0 Å². The average molecular weight is 434 g/mol. The minimum absolute atomic E-state index is 0.00317. The van der Waals surface area contributed by atoms with Gasteiger partial charge in [-0.15, -0.1) is 0 Å². The number of nitrogen functional groups attached to an aromatic ring is 1. The van der Waals surface area contributed by atoms with Crippen molar-refractivity contribution in [3.63, 3.8) is 0 Å². The number of nitrogens with two attached hydrogens (primary N) is 1. The van der Waals surface area contributed by atoms with Gasteiger partial charge in [-0.2, -0.15) is 0 Å². The minimum Gasteiger partial charge on any atom is -0.451 e. The molecular formula is C23H22N4O5. The monoisotopic (exact) mass is 434 g/mol. The number of aliphatic hydroxyl groups excluding tert-OH is 1. The lowest BCUT2D eigenvalue weighted by Gasteiger charge is -2.23. The molecule has 0 atom stereocenters. The molecule has 0 fully saturated rings. The number of aromatic nitrogens is 2. The molecule has 2 aromatic carbocycles. The van der Waals surface area contributed by atoms with Crippen LogP contribution in [0.5, 0.6) is 0 Å². The molecular weight excluding hydrogens is 412 g/mol. The standard InChI is InChI=1S/C23H22N4O5/c24-20-19(21(29)25-23(31)27(20)14-15-7-2-1-3-8-15)26(11-6-12-28)22(30)18-13-16-9-4-5-10-17(16)32-18/h1-5,7-10,13,28H,6,11-12,14,24H2,(H,25,29,31).